The number of ether oxygens (including phenoxy) is 1. The van der Waals surface area contributed by atoms with Gasteiger partial charge in [0.1, 0.15) is 17.1 Å². The Bertz CT molecular complexity index is 1290. The van der Waals surface area contributed by atoms with Crippen LogP contribution < -0.4 is 4.90 Å². The molecule has 8 heteroatoms. The van der Waals surface area contributed by atoms with Crippen LogP contribution in [0.3, 0.4) is 0 Å². The molecule has 0 aliphatic carbocycles. The number of carbonyl (C=O) groups is 1. The van der Waals surface area contributed by atoms with Crippen molar-refractivity contribution >= 4 is 23.4 Å². The van der Waals surface area contributed by atoms with Crippen molar-refractivity contribution in [3.05, 3.63) is 82.6 Å². The van der Waals surface area contributed by atoms with Gasteiger partial charge in [-0.25, -0.2) is 14.8 Å². The number of anilines is 1. The van der Waals surface area contributed by atoms with Gasteiger partial charge in [0.25, 0.3) is 0 Å². The van der Waals surface area contributed by atoms with Crippen molar-refractivity contribution in [1.82, 2.24) is 15.1 Å². The van der Waals surface area contributed by atoms with E-state index in [1.54, 1.807) is 13.1 Å². The Balaban J connectivity index is 1.50. The van der Waals surface area contributed by atoms with Gasteiger partial charge in [-0.3, -0.25) is 0 Å². The second-order valence-electron chi connectivity index (χ2n) is 7.63. The van der Waals surface area contributed by atoms with Crippen LogP contribution in [0.25, 0.3) is 22.7 Å². The van der Waals surface area contributed by atoms with E-state index in [-0.39, 0.29) is 6.61 Å². The quantitative estimate of drug-likeness (QED) is 0.379. The topological polar surface area (TPSA) is 81.4 Å². The van der Waals surface area contributed by atoms with Crippen molar-refractivity contribution in [2.75, 3.05) is 18.1 Å². The zero-order chi connectivity index (χ0) is 22.8. The van der Waals surface area contributed by atoms with Gasteiger partial charge in [-0.05, 0) is 37.6 Å². The highest BCUT2D eigenvalue weighted by Crippen LogP contribution is 2.33. The molecule has 0 amide bonds. The highest BCUT2D eigenvalue weighted by molar-refractivity contribution is 6.30. The number of fused-ring (bicyclic) bond motifs is 1. The van der Waals surface area contributed by atoms with E-state index in [1.807, 2.05) is 59.5 Å². The number of esters is 1. The molecule has 0 saturated carbocycles. The summed E-state index contributed by atoms with van der Waals surface area (Å²) in [5, 5.41) is 4.98. The summed E-state index contributed by atoms with van der Waals surface area (Å²) in [6.45, 7) is 3.16. The van der Waals surface area contributed by atoms with Crippen LogP contribution in [0.1, 0.15) is 28.5 Å². The van der Waals surface area contributed by atoms with Crippen LogP contribution >= 0.6 is 11.6 Å². The van der Waals surface area contributed by atoms with Crippen molar-refractivity contribution in [1.29, 1.82) is 0 Å². The summed E-state index contributed by atoms with van der Waals surface area (Å²) < 4.78 is 10.9. The first-order valence-electron chi connectivity index (χ1n) is 10.7. The predicted molar refractivity (Wildman–Crippen MR) is 125 cm³/mol. The summed E-state index contributed by atoms with van der Waals surface area (Å²) in [7, 11) is 0. The number of carbonyl (C=O) groups excluding carboxylic acids is 1. The monoisotopic (exact) mass is 460 g/mol. The van der Waals surface area contributed by atoms with Gasteiger partial charge in [-0.15, -0.1) is 0 Å². The molecule has 2 aromatic heterocycles. The van der Waals surface area contributed by atoms with Crippen LogP contribution in [-0.2, 0) is 17.7 Å². The lowest BCUT2D eigenvalue weighted by atomic mass is 10.0. The van der Waals surface area contributed by atoms with E-state index in [9.17, 15) is 4.79 Å². The molecule has 0 N–H and O–H groups in total. The molecular formula is C25H21ClN4O3. The lowest BCUT2D eigenvalue weighted by Gasteiger charge is -2.28. The summed E-state index contributed by atoms with van der Waals surface area (Å²) in [6, 6.07) is 17.2. The second-order valence-corrected chi connectivity index (χ2v) is 8.07. The predicted octanol–water partition coefficient (Wildman–Crippen LogP) is 5.19. The first kappa shape index (κ1) is 21.2. The number of hydrogen-bond acceptors (Lipinski definition) is 7. The Kier molecular flexibility index (Phi) is 5.79. The van der Waals surface area contributed by atoms with Gasteiger partial charge >= 0.3 is 5.97 Å². The molecule has 0 fully saturated rings. The fourth-order valence-electron chi connectivity index (χ4n) is 3.93. The van der Waals surface area contributed by atoms with Gasteiger partial charge < -0.3 is 14.2 Å². The lowest BCUT2D eigenvalue weighted by Crippen LogP contribution is -2.32. The minimum absolute atomic E-state index is 0.274. The van der Waals surface area contributed by atoms with Crippen molar-refractivity contribution in [2.24, 2.45) is 0 Å². The first-order chi connectivity index (χ1) is 16.1. The minimum atomic E-state index is -0.445. The number of nitrogens with zero attached hydrogens (tertiary/aromatic N) is 4. The van der Waals surface area contributed by atoms with Gasteiger partial charge in [0.05, 0.1) is 13.2 Å². The summed E-state index contributed by atoms with van der Waals surface area (Å²) in [5.41, 5.74) is 4.02. The molecule has 0 atom stereocenters. The Hall–Kier alpha value is -3.71. The summed E-state index contributed by atoms with van der Waals surface area (Å²) in [5.74, 6) is 1.38. The summed E-state index contributed by atoms with van der Waals surface area (Å²) >= 11 is 6.02. The number of benzene rings is 2. The molecule has 1 aliphatic rings. The highest BCUT2D eigenvalue weighted by atomic mass is 35.5. The van der Waals surface area contributed by atoms with E-state index in [0.717, 1.165) is 28.1 Å². The molecule has 1 aliphatic heterocycles. The zero-order valence-electron chi connectivity index (χ0n) is 18.0. The molecule has 7 nitrogen and oxygen atoms in total. The SMILES string of the molecule is CCOC(=O)c1cnc(-c2ccccc2)nc1N1CCc2c(noc2-c2ccc(Cl)cc2)C1. The highest BCUT2D eigenvalue weighted by Gasteiger charge is 2.29. The maximum Gasteiger partial charge on any atom is 0.343 e. The minimum Gasteiger partial charge on any atom is -0.462 e. The fourth-order valence-corrected chi connectivity index (χ4v) is 4.06. The molecular weight excluding hydrogens is 440 g/mol. The van der Waals surface area contributed by atoms with Gasteiger partial charge in [0.15, 0.2) is 11.6 Å². The Morgan fingerprint density at radius 2 is 1.91 bits per heavy atom. The average Bonchev–Trinajstić information content (AvgIpc) is 3.28. The summed E-state index contributed by atoms with van der Waals surface area (Å²) in [6.07, 6.45) is 2.24. The Morgan fingerprint density at radius 3 is 2.67 bits per heavy atom. The third kappa shape index (κ3) is 4.19. The average molecular weight is 461 g/mol. The van der Waals surface area contributed by atoms with Crippen LogP contribution in [-0.4, -0.2) is 34.2 Å². The smallest absolute Gasteiger partial charge is 0.343 e. The van der Waals surface area contributed by atoms with Crippen molar-refractivity contribution in [3.8, 4) is 22.7 Å². The molecule has 4 aromatic rings. The standard InChI is InChI=1S/C25H21ClN4O3/c1-2-32-25(31)20-14-27-23(17-6-4-3-5-7-17)28-24(20)30-13-12-19-21(15-30)29-33-22(19)16-8-10-18(26)11-9-16/h3-11,14H,2,12-13,15H2,1H3. The van der Waals surface area contributed by atoms with Crippen LogP contribution in [0, 0.1) is 0 Å². The molecule has 5 rings (SSSR count). The van der Waals surface area contributed by atoms with Crippen molar-refractivity contribution < 1.29 is 14.1 Å². The number of aromatic nitrogens is 3. The van der Waals surface area contributed by atoms with Crippen LogP contribution in [0.2, 0.25) is 5.02 Å². The van der Waals surface area contributed by atoms with Crippen molar-refractivity contribution in [3.63, 3.8) is 0 Å². The van der Waals surface area contributed by atoms with E-state index >= 15 is 0 Å². The lowest BCUT2D eigenvalue weighted by molar-refractivity contribution is 0.0526. The zero-order valence-corrected chi connectivity index (χ0v) is 18.7. The largest absolute Gasteiger partial charge is 0.462 e. The number of halogens is 1. The molecule has 0 unspecified atom stereocenters. The van der Waals surface area contributed by atoms with Crippen molar-refractivity contribution in [2.45, 2.75) is 19.9 Å². The normalized spacial score (nSPS) is 13.0. The molecule has 166 valence electrons. The van der Waals surface area contributed by atoms with Gasteiger partial charge in [0, 0.05) is 34.5 Å². The molecule has 3 heterocycles. The third-order valence-corrected chi connectivity index (χ3v) is 5.80. The fraction of sp³-hybridized carbons (Fsp3) is 0.200. The molecule has 0 bridgehead atoms. The van der Waals surface area contributed by atoms with E-state index < -0.39 is 5.97 Å². The third-order valence-electron chi connectivity index (χ3n) is 5.54. The van der Waals surface area contributed by atoms with Gasteiger partial charge in [0.2, 0.25) is 0 Å². The molecule has 0 radical (unpaired) electrons. The second kappa shape index (κ2) is 9.03. The van der Waals surface area contributed by atoms with Crippen LogP contribution in [0.15, 0.2) is 65.3 Å². The molecule has 0 saturated heterocycles. The Morgan fingerprint density at radius 1 is 1.12 bits per heavy atom. The van der Waals surface area contributed by atoms with E-state index in [1.165, 1.54) is 0 Å². The molecule has 33 heavy (non-hydrogen) atoms. The number of rotatable bonds is 5. The molecule has 0 spiro atoms. The maximum atomic E-state index is 12.6. The number of hydrogen-bond donors (Lipinski definition) is 0. The van der Waals surface area contributed by atoms with E-state index in [2.05, 4.69) is 10.1 Å². The summed E-state index contributed by atoms with van der Waals surface area (Å²) in [4.78, 5) is 23.8. The van der Waals surface area contributed by atoms with E-state index in [0.29, 0.717) is 41.7 Å². The van der Waals surface area contributed by atoms with Gasteiger partial charge in [-0.1, -0.05) is 47.1 Å². The first-order valence-corrected chi connectivity index (χ1v) is 11.1. The van der Waals surface area contributed by atoms with Crippen LogP contribution in [0.4, 0.5) is 5.82 Å². The van der Waals surface area contributed by atoms with Gasteiger partial charge in [-0.2, -0.15) is 0 Å². The molecule has 2 aromatic carbocycles. The maximum absolute atomic E-state index is 12.6. The van der Waals surface area contributed by atoms with Crippen LogP contribution in [0.5, 0.6) is 0 Å². The Labute approximate surface area is 196 Å². The van der Waals surface area contributed by atoms with E-state index in [4.69, 9.17) is 25.8 Å².